The van der Waals surface area contributed by atoms with Gasteiger partial charge in [-0.25, -0.2) is 14.0 Å². The predicted molar refractivity (Wildman–Crippen MR) is 150 cm³/mol. The molecule has 0 saturated carbocycles. The lowest BCUT2D eigenvalue weighted by Gasteiger charge is -2.36. The van der Waals surface area contributed by atoms with Crippen LogP contribution < -0.4 is 10.1 Å². The number of amides is 2. The number of esters is 1. The van der Waals surface area contributed by atoms with E-state index in [1.54, 1.807) is 42.3 Å². The largest absolute Gasteiger partial charge is 0.497 e. The summed E-state index contributed by atoms with van der Waals surface area (Å²) >= 11 is 0. The van der Waals surface area contributed by atoms with Crippen LogP contribution in [0.25, 0.3) is 0 Å². The van der Waals surface area contributed by atoms with E-state index in [2.05, 4.69) is 10.2 Å². The SMILES string of the molecule is COC(=O)c1ccc(COC(CN2CCN(C(=O)NCCc3ccccc3F)CC2)c2cccc(OC)c2)cc1. The second-order valence-corrected chi connectivity index (χ2v) is 9.63. The quantitative estimate of drug-likeness (QED) is 0.356. The number of nitrogens with one attached hydrogen (secondary N) is 1. The van der Waals surface area contributed by atoms with E-state index < -0.39 is 0 Å². The van der Waals surface area contributed by atoms with Crippen LogP contribution in [0, 0.1) is 5.82 Å². The first-order valence-corrected chi connectivity index (χ1v) is 13.4. The first-order chi connectivity index (χ1) is 19.5. The number of ether oxygens (including phenoxy) is 3. The minimum Gasteiger partial charge on any atom is -0.497 e. The van der Waals surface area contributed by atoms with Gasteiger partial charge in [0.2, 0.25) is 0 Å². The molecule has 1 fully saturated rings. The van der Waals surface area contributed by atoms with E-state index in [1.165, 1.54) is 13.2 Å². The third kappa shape index (κ3) is 8.03. The summed E-state index contributed by atoms with van der Waals surface area (Å²) in [4.78, 5) is 28.5. The molecule has 3 aromatic rings. The van der Waals surface area contributed by atoms with E-state index >= 15 is 0 Å². The van der Waals surface area contributed by atoms with Gasteiger partial charge in [0.15, 0.2) is 0 Å². The molecule has 8 nitrogen and oxygen atoms in total. The van der Waals surface area contributed by atoms with Crippen molar-refractivity contribution in [3.8, 4) is 5.75 Å². The van der Waals surface area contributed by atoms with Crippen LogP contribution in [0.5, 0.6) is 5.75 Å². The van der Waals surface area contributed by atoms with Gasteiger partial charge in [0.05, 0.1) is 32.5 Å². The van der Waals surface area contributed by atoms with Gasteiger partial charge < -0.3 is 24.4 Å². The van der Waals surface area contributed by atoms with E-state index in [-0.39, 0.29) is 23.9 Å². The molecular formula is C31H36FN3O5. The molecule has 212 valence electrons. The Bertz CT molecular complexity index is 1260. The molecule has 9 heteroatoms. The molecule has 40 heavy (non-hydrogen) atoms. The van der Waals surface area contributed by atoms with Crippen molar-refractivity contribution in [2.24, 2.45) is 0 Å². The van der Waals surface area contributed by atoms with Crippen LogP contribution in [0.1, 0.15) is 33.2 Å². The van der Waals surface area contributed by atoms with Crippen molar-refractivity contribution in [3.63, 3.8) is 0 Å². The van der Waals surface area contributed by atoms with Crippen LogP contribution in [-0.4, -0.2) is 75.3 Å². The number of methoxy groups -OCH3 is 2. The number of hydrogen-bond acceptors (Lipinski definition) is 6. The second kappa shape index (κ2) is 14.4. The summed E-state index contributed by atoms with van der Waals surface area (Å²) in [6, 6.07) is 21.5. The minimum atomic E-state index is -0.375. The lowest BCUT2D eigenvalue weighted by atomic mass is 10.1. The molecule has 1 atom stereocenters. The Kier molecular flexibility index (Phi) is 10.5. The molecule has 0 aliphatic carbocycles. The van der Waals surface area contributed by atoms with Crippen molar-refractivity contribution in [2.75, 3.05) is 53.5 Å². The fraction of sp³-hybridized carbons (Fsp3) is 0.355. The van der Waals surface area contributed by atoms with Gasteiger partial charge in [0.1, 0.15) is 11.6 Å². The first-order valence-electron chi connectivity index (χ1n) is 13.4. The van der Waals surface area contributed by atoms with E-state index in [4.69, 9.17) is 14.2 Å². The average Bonchev–Trinajstić information content (AvgIpc) is 3.00. The van der Waals surface area contributed by atoms with Crippen LogP contribution in [0.15, 0.2) is 72.8 Å². The Balaban J connectivity index is 1.31. The summed E-state index contributed by atoms with van der Waals surface area (Å²) in [5.41, 5.74) is 3.02. The van der Waals surface area contributed by atoms with Crippen LogP contribution in [0.2, 0.25) is 0 Å². The van der Waals surface area contributed by atoms with Gasteiger partial charge in [-0.3, -0.25) is 4.90 Å². The number of halogens is 1. The molecule has 0 spiro atoms. The van der Waals surface area contributed by atoms with E-state index in [0.29, 0.717) is 63.4 Å². The highest BCUT2D eigenvalue weighted by Gasteiger charge is 2.24. The van der Waals surface area contributed by atoms with Crippen molar-refractivity contribution in [3.05, 3.63) is 101 Å². The Morgan fingerprint density at radius 1 is 0.950 bits per heavy atom. The molecule has 1 heterocycles. The maximum absolute atomic E-state index is 13.8. The van der Waals surface area contributed by atoms with Crippen LogP contribution in [-0.2, 0) is 22.5 Å². The lowest BCUT2D eigenvalue weighted by Crippen LogP contribution is -2.52. The van der Waals surface area contributed by atoms with Gasteiger partial charge in [-0.15, -0.1) is 0 Å². The maximum Gasteiger partial charge on any atom is 0.337 e. The molecule has 1 aliphatic rings. The molecule has 4 rings (SSSR count). The van der Waals surface area contributed by atoms with Crippen LogP contribution in [0.3, 0.4) is 0 Å². The summed E-state index contributed by atoms with van der Waals surface area (Å²) in [5.74, 6) is 0.126. The van der Waals surface area contributed by atoms with E-state index in [9.17, 15) is 14.0 Å². The zero-order chi connectivity index (χ0) is 28.3. The van der Waals surface area contributed by atoms with E-state index in [0.717, 1.165) is 16.9 Å². The van der Waals surface area contributed by atoms with Gasteiger partial charge >= 0.3 is 12.0 Å². The second-order valence-electron chi connectivity index (χ2n) is 9.63. The van der Waals surface area contributed by atoms with Crippen molar-refractivity contribution in [1.29, 1.82) is 0 Å². The summed E-state index contributed by atoms with van der Waals surface area (Å²) in [6.45, 7) is 3.99. The van der Waals surface area contributed by atoms with E-state index in [1.807, 2.05) is 36.4 Å². The summed E-state index contributed by atoms with van der Waals surface area (Å²) in [7, 11) is 3.00. The number of urea groups is 1. The van der Waals surface area contributed by atoms with Crippen molar-refractivity contribution in [2.45, 2.75) is 19.1 Å². The zero-order valence-corrected chi connectivity index (χ0v) is 23.0. The number of nitrogens with zero attached hydrogens (tertiary/aromatic N) is 2. The van der Waals surface area contributed by atoms with Gasteiger partial charge in [-0.05, 0) is 53.4 Å². The number of piperazine rings is 1. The van der Waals surface area contributed by atoms with Crippen molar-refractivity contribution in [1.82, 2.24) is 15.1 Å². The van der Waals surface area contributed by atoms with Gasteiger partial charge in [0.25, 0.3) is 0 Å². The highest BCUT2D eigenvalue weighted by molar-refractivity contribution is 5.89. The molecule has 1 unspecified atom stereocenters. The standard InChI is InChI=1S/C31H36FN3O5/c1-38-27-8-5-7-26(20-27)29(40-22-23-10-12-25(13-11-23)30(36)39-2)21-34-16-18-35(19-17-34)31(37)33-15-14-24-6-3-4-9-28(24)32/h3-13,20,29H,14-19,21-22H2,1-2H3,(H,33,37). The van der Waals surface area contributed by atoms with Gasteiger partial charge in [-0.2, -0.15) is 0 Å². The smallest absolute Gasteiger partial charge is 0.337 e. The minimum absolute atomic E-state index is 0.132. The van der Waals surface area contributed by atoms with Crippen molar-refractivity contribution >= 4 is 12.0 Å². The molecule has 0 aromatic heterocycles. The third-order valence-electron chi connectivity index (χ3n) is 7.00. The summed E-state index contributed by atoms with van der Waals surface area (Å²) < 4.78 is 30.4. The molecule has 0 bridgehead atoms. The first kappa shape index (κ1) is 29.0. The third-order valence-corrected chi connectivity index (χ3v) is 7.00. The number of rotatable bonds is 11. The number of hydrogen-bond donors (Lipinski definition) is 1. The molecule has 3 aromatic carbocycles. The number of carbonyl (C=O) groups is 2. The monoisotopic (exact) mass is 549 g/mol. The fourth-order valence-corrected chi connectivity index (χ4v) is 4.63. The molecule has 0 radical (unpaired) electrons. The zero-order valence-electron chi connectivity index (χ0n) is 23.0. The Morgan fingerprint density at radius 3 is 2.40 bits per heavy atom. The van der Waals surface area contributed by atoms with Crippen molar-refractivity contribution < 1.29 is 28.2 Å². The molecule has 1 N–H and O–H groups in total. The number of carbonyl (C=O) groups excluding carboxylic acids is 2. The Hall–Kier alpha value is -3.95. The molecular weight excluding hydrogens is 513 g/mol. The van der Waals surface area contributed by atoms with Gasteiger partial charge in [0, 0.05) is 39.3 Å². The Morgan fingerprint density at radius 2 is 1.70 bits per heavy atom. The average molecular weight is 550 g/mol. The maximum atomic E-state index is 13.8. The highest BCUT2D eigenvalue weighted by atomic mass is 19.1. The molecule has 1 aliphatic heterocycles. The van der Waals surface area contributed by atoms with Gasteiger partial charge in [-0.1, -0.05) is 42.5 Å². The summed E-state index contributed by atoms with van der Waals surface area (Å²) in [5, 5.41) is 2.91. The predicted octanol–water partition coefficient (Wildman–Crippen LogP) is 4.45. The molecule has 1 saturated heterocycles. The highest BCUT2D eigenvalue weighted by Crippen LogP contribution is 2.25. The fourth-order valence-electron chi connectivity index (χ4n) is 4.63. The van der Waals surface area contributed by atoms with Crippen LogP contribution >= 0.6 is 0 Å². The number of benzene rings is 3. The summed E-state index contributed by atoms with van der Waals surface area (Å²) in [6.07, 6.45) is 0.222. The lowest BCUT2D eigenvalue weighted by molar-refractivity contribution is 0.00546. The topological polar surface area (TPSA) is 80.3 Å². The van der Waals surface area contributed by atoms with Crippen LogP contribution in [0.4, 0.5) is 9.18 Å². The normalized spacial score (nSPS) is 14.4. The molecule has 2 amide bonds. The Labute approximate surface area is 234 Å².